The van der Waals surface area contributed by atoms with Gasteiger partial charge < -0.3 is 0 Å². The third-order valence-corrected chi connectivity index (χ3v) is 7.89. The van der Waals surface area contributed by atoms with Crippen LogP contribution in [0.3, 0.4) is 0 Å². The van der Waals surface area contributed by atoms with E-state index in [0.717, 1.165) is 21.0 Å². The van der Waals surface area contributed by atoms with Crippen LogP contribution in [0, 0.1) is 6.92 Å². The Balaban J connectivity index is 1.61. The van der Waals surface area contributed by atoms with E-state index >= 15 is 0 Å². The molecule has 0 bridgehead atoms. The van der Waals surface area contributed by atoms with Crippen molar-refractivity contribution >= 4 is 38.1 Å². The lowest BCUT2D eigenvalue weighted by Gasteiger charge is -2.26. The van der Waals surface area contributed by atoms with Crippen LogP contribution in [0.2, 0.25) is 0 Å². The fourth-order valence-electron chi connectivity index (χ4n) is 3.45. The van der Waals surface area contributed by atoms with E-state index in [9.17, 15) is 13.2 Å². The lowest BCUT2D eigenvalue weighted by atomic mass is 10.1. The molecular weight excluding hydrogens is 468 g/mol. The van der Waals surface area contributed by atoms with E-state index in [1.54, 1.807) is 30.3 Å². The first-order chi connectivity index (χ1) is 16.4. The van der Waals surface area contributed by atoms with Gasteiger partial charge in [-0.15, -0.1) is 10.2 Å². The van der Waals surface area contributed by atoms with Gasteiger partial charge >= 0.3 is 0 Å². The Labute approximate surface area is 203 Å². The van der Waals surface area contributed by atoms with Gasteiger partial charge in [-0.3, -0.25) is 14.4 Å². The fraction of sp³-hybridized carbons (Fsp3) is 0.160. The molecule has 1 aromatic heterocycles. The van der Waals surface area contributed by atoms with Crippen LogP contribution in [0.25, 0.3) is 10.6 Å². The quantitative estimate of drug-likeness (QED) is 0.377. The summed E-state index contributed by atoms with van der Waals surface area (Å²) in [7, 11) is -3.98. The summed E-state index contributed by atoms with van der Waals surface area (Å²) in [6.45, 7) is 3.55. The molecule has 7 nitrogen and oxygen atoms in total. The Kier molecular flexibility index (Phi) is 7.04. The van der Waals surface area contributed by atoms with Crippen LogP contribution in [0.5, 0.6) is 0 Å². The smallest absolute Gasteiger partial charge is 0.264 e. The Morgan fingerprint density at radius 3 is 2.32 bits per heavy atom. The molecule has 9 heteroatoms. The highest BCUT2D eigenvalue weighted by molar-refractivity contribution is 7.92. The van der Waals surface area contributed by atoms with E-state index in [1.807, 2.05) is 50.2 Å². The van der Waals surface area contributed by atoms with Gasteiger partial charge in [0.1, 0.15) is 11.6 Å². The lowest BCUT2D eigenvalue weighted by molar-refractivity contribution is -0.114. The van der Waals surface area contributed by atoms with E-state index in [1.165, 1.54) is 23.5 Å². The lowest BCUT2D eigenvalue weighted by Crippen LogP contribution is -2.38. The van der Waals surface area contributed by atoms with Gasteiger partial charge in [-0.25, -0.2) is 8.42 Å². The summed E-state index contributed by atoms with van der Waals surface area (Å²) in [5.74, 6) is -0.503. The van der Waals surface area contributed by atoms with E-state index in [-0.39, 0.29) is 4.90 Å². The van der Waals surface area contributed by atoms with Crippen molar-refractivity contribution in [3.8, 4) is 10.6 Å². The number of rotatable bonds is 8. The second-order valence-electron chi connectivity index (χ2n) is 7.63. The first kappa shape index (κ1) is 23.6. The zero-order valence-electron chi connectivity index (χ0n) is 18.8. The van der Waals surface area contributed by atoms with Crippen LogP contribution in [-0.4, -0.2) is 31.1 Å². The van der Waals surface area contributed by atoms with Crippen molar-refractivity contribution in [3.05, 3.63) is 90.0 Å². The fourth-order valence-corrected chi connectivity index (χ4v) is 5.69. The van der Waals surface area contributed by atoms with Crippen molar-refractivity contribution in [2.75, 3.05) is 16.2 Å². The van der Waals surface area contributed by atoms with Crippen molar-refractivity contribution in [3.63, 3.8) is 0 Å². The van der Waals surface area contributed by atoms with Crippen LogP contribution in [0.4, 0.5) is 10.8 Å². The van der Waals surface area contributed by atoms with E-state index in [2.05, 4.69) is 15.5 Å². The predicted octanol–water partition coefficient (Wildman–Crippen LogP) is 4.91. The Morgan fingerprint density at radius 2 is 1.62 bits per heavy atom. The van der Waals surface area contributed by atoms with Crippen molar-refractivity contribution in [1.29, 1.82) is 0 Å². The number of carbonyl (C=O) groups is 1. The summed E-state index contributed by atoms with van der Waals surface area (Å²) in [4.78, 5) is 13.1. The molecule has 1 amide bonds. The maximum absolute atomic E-state index is 13.5. The van der Waals surface area contributed by atoms with Gasteiger partial charge in [-0.05, 0) is 37.1 Å². The molecule has 34 heavy (non-hydrogen) atoms. The molecular formula is C25H24N4O3S2. The minimum Gasteiger partial charge on any atom is -0.299 e. The molecule has 0 atom stereocenters. The molecule has 1 N–H and O–H groups in total. The zero-order valence-corrected chi connectivity index (χ0v) is 20.4. The predicted molar refractivity (Wildman–Crippen MR) is 136 cm³/mol. The topological polar surface area (TPSA) is 92.3 Å². The normalized spacial score (nSPS) is 11.2. The number of benzene rings is 3. The second kappa shape index (κ2) is 10.1. The first-order valence-corrected chi connectivity index (χ1v) is 13.0. The molecule has 0 unspecified atom stereocenters. The highest BCUT2D eigenvalue weighted by atomic mass is 32.2. The highest BCUT2D eigenvalue weighted by Crippen LogP contribution is 2.29. The highest BCUT2D eigenvalue weighted by Gasteiger charge is 2.28. The SMILES string of the molecule is CCc1ccccc1N(CC(=O)Nc1nnc(-c2ccc(C)cc2)s1)S(=O)(=O)c1ccccc1. The largest absolute Gasteiger partial charge is 0.299 e. The number of hydrogen-bond donors (Lipinski definition) is 1. The van der Waals surface area contributed by atoms with Crippen LogP contribution in [-0.2, 0) is 21.2 Å². The zero-order chi connectivity index (χ0) is 24.1. The van der Waals surface area contributed by atoms with Crippen molar-refractivity contribution in [1.82, 2.24) is 10.2 Å². The van der Waals surface area contributed by atoms with E-state index in [0.29, 0.717) is 22.2 Å². The standard InChI is InChI=1S/C25H24N4O3S2/c1-3-19-9-7-8-12-22(19)29(34(31,32)21-10-5-4-6-11-21)17-23(30)26-25-28-27-24(33-25)20-15-13-18(2)14-16-20/h4-16H,3,17H2,1-2H3,(H,26,28,30). The van der Waals surface area contributed by atoms with Gasteiger partial charge in [0.25, 0.3) is 10.0 Å². The molecule has 0 spiro atoms. The van der Waals surface area contributed by atoms with Gasteiger partial charge in [0, 0.05) is 5.56 Å². The van der Waals surface area contributed by atoms with Crippen LogP contribution in [0.15, 0.2) is 83.8 Å². The molecule has 0 aliphatic rings. The molecule has 0 aliphatic carbocycles. The average Bonchev–Trinajstić information content (AvgIpc) is 3.31. The Hall–Kier alpha value is -3.56. The van der Waals surface area contributed by atoms with Crippen LogP contribution in [0.1, 0.15) is 18.1 Å². The number of anilines is 2. The van der Waals surface area contributed by atoms with Crippen molar-refractivity contribution in [2.45, 2.75) is 25.2 Å². The number of aryl methyl sites for hydroxylation is 2. The minimum absolute atomic E-state index is 0.117. The summed E-state index contributed by atoms with van der Waals surface area (Å²) >= 11 is 1.23. The maximum Gasteiger partial charge on any atom is 0.264 e. The summed E-state index contributed by atoms with van der Waals surface area (Å²) in [5, 5.41) is 11.9. The van der Waals surface area contributed by atoms with Crippen molar-refractivity contribution in [2.24, 2.45) is 0 Å². The Morgan fingerprint density at radius 1 is 0.941 bits per heavy atom. The molecule has 0 saturated heterocycles. The number of nitrogens with zero attached hydrogens (tertiary/aromatic N) is 3. The van der Waals surface area contributed by atoms with Gasteiger partial charge in [0.2, 0.25) is 11.0 Å². The summed E-state index contributed by atoms with van der Waals surface area (Å²) < 4.78 is 28.2. The van der Waals surface area contributed by atoms with E-state index in [4.69, 9.17) is 0 Å². The minimum atomic E-state index is -3.98. The van der Waals surface area contributed by atoms with Gasteiger partial charge in [-0.1, -0.05) is 84.5 Å². The Bertz CT molecular complexity index is 1390. The molecule has 174 valence electrons. The monoisotopic (exact) mass is 492 g/mol. The average molecular weight is 493 g/mol. The third kappa shape index (κ3) is 5.16. The number of nitrogens with one attached hydrogen (secondary N) is 1. The number of sulfonamides is 1. The molecule has 4 aromatic rings. The van der Waals surface area contributed by atoms with Crippen LogP contribution < -0.4 is 9.62 Å². The number of amides is 1. The first-order valence-electron chi connectivity index (χ1n) is 10.7. The third-order valence-electron chi connectivity index (χ3n) is 5.23. The maximum atomic E-state index is 13.5. The van der Waals surface area contributed by atoms with Crippen LogP contribution >= 0.6 is 11.3 Å². The number of para-hydroxylation sites is 1. The molecule has 0 radical (unpaired) electrons. The summed E-state index contributed by atoms with van der Waals surface area (Å²) in [6.07, 6.45) is 0.620. The number of hydrogen-bond acceptors (Lipinski definition) is 6. The molecule has 4 rings (SSSR count). The molecule has 0 saturated carbocycles. The molecule has 0 aliphatic heterocycles. The van der Waals surface area contributed by atoms with E-state index < -0.39 is 22.5 Å². The summed E-state index contributed by atoms with van der Waals surface area (Å²) in [5.41, 5.74) is 3.33. The molecule has 3 aromatic carbocycles. The van der Waals surface area contributed by atoms with Gasteiger partial charge in [0.05, 0.1) is 10.6 Å². The summed E-state index contributed by atoms with van der Waals surface area (Å²) in [6, 6.07) is 23.1. The van der Waals surface area contributed by atoms with Crippen molar-refractivity contribution < 1.29 is 13.2 Å². The van der Waals surface area contributed by atoms with Gasteiger partial charge in [0.15, 0.2) is 0 Å². The second-order valence-corrected chi connectivity index (χ2v) is 10.5. The number of aromatic nitrogens is 2. The number of carbonyl (C=O) groups excluding carboxylic acids is 1. The molecule has 0 fully saturated rings. The van der Waals surface area contributed by atoms with Gasteiger partial charge in [-0.2, -0.15) is 0 Å². The molecule has 1 heterocycles.